The van der Waals surface area contributed by atoms with Crippen LogP contribution in [0.25, 0.3) is 0 Å². The number of aromatic nitrogens is 1. The Morgan fingerprint density at radius 1 is 1.12 bits per heavy atom. The largest absolute Gasteiger partial charge is 0.478 e. The molecule has 0 unspecified atom stereocenters. The molecule has 0 saturated carbocycles. The maximum Gasteiger partial charge on any atom is 0.337 e. The Kier molecular flexibility index (Phi) is 5.57. The predicted molar refractivity (Wildman–Crippen MR) is 96.7 cm³/mol. The van der Waals surface area contributed by atoms with Crippen LogP contribution in [0.15, 0.2) is 47.5 Å². The highest BCUT2D eigenvalue weighted by molar-refractivity contribution is 7.89. The Morgan fingerprint density at radius 3 is 2.38 bits per heavy atom. The Hall–Kier alpha value is -2.00. The molecule has 1 aromatic carbocycles. The van der Waals surface area contributed by atoms with Gasteiger partial charge in [0.2, 0.25) is 10.0 Å². The van der Waals surface area contributed by atoms with Crippen molar-refractivity contribution in [3.05, 3.63) is 58.9 Å². The first-order chi connectivity index (χ1) is 12.4. The number of piperazine rings is 1. The zero-order valence-corrected chi connectivity index (χ0v) is 15.4. The zero-order chi connectivity index (χ0) is 18.7. The number of rotatable bonds is 5. The van der Waals surface area contributed by atoms with E-state index in [-0.39, 0.29) is 10.5 Å². The third kappa shape index (κ3) is 4.04. The molecule has 9 heteroatoms. The Morgan fingerprint density at radius 2 is 1.77 bits per heavy atom. The first kappa shape index (κ1) is 18.8. The number of hydrogen-bond donors (Lipinski definition) is 1. The molecule has 1 aromatic heterocycles. The van der Waals surface area contributed by atoms with E-state index >= 15 is 0 Å². The van der Waals surface area contributed by atoms with E-state index < -0.39 is 16.0 Å². The lowest BCUT2D eigenvalue weighted by molar-refractivity contribution is 0.0693. The van der Waals surface area contributed by atoms with Gasteiger partial charge in [0.25, 0.3) is 0 Å². The average Bonchev–Trinajstić information content (AvgIpc) is 2.63. The monoisotopic (exact) mass is 395 g/mol. The molecule has 3 rings (SSSR count). The van der Waals surface area contributed by atoms with Crippen LogP contribution in [0.5, 0.6) is 0 Å². The van der Waals surface area contributed by atoms with Crippen molar-refractivity contribution in [2.45, 2.75) is 11.4 Å². The fourth-order valence-corrected chi connectivity index (χ4v) is 4.40. The van der Waals surface area contributed by atoms with Gasteiger partial charge in [-0.2, -0.15) is 4.31 Å². The number of halogens is 1. The molecule has 1 saturated heterocycles. The molecule has 0 spiro atoms. The van der Waals surface area contributed by atoms with Crippen LogP contribution < -0.4 is 0 Å². The van der Waals surface area contributed by atoms with E-state index in [1.54, 1.807) is 24.4 Å². The molecule has 0 aliphatic carbocycles. The van der Waals surface area contributed by atoms with Gasteiger partial charge < -0.3 is 5.11 Å². The van der Waals surface area contributed by atoms with Crippen LogP contribution >= 0.6 is 11.6 Å². The smallest absolute Gasteiger partial charge is 0.337 e. The minimum atomic E-state index is -3.56. The quantitative estimate of drug-likeness (QED) is 0.831. The first-order valence-corrected chi connectivity index (χ1v) is 9.85. The molecule has 7 nitrogen and oxygen atoms in total. The van der Waals surface area contributed by atoms with Crippen molar-refractivity contribution in [2.24, 2.45) is 0 Å². The number of aromatic carboxylic acids is 1. The zero-order valence-electron chi connectivity index (χ0n) is 13.9. The van der Waals surface area contributed by atoms with Gasteiger partial charge in [0.05, 0.1) is 16.2 Å². The van der Waals surface area contributed by atoms with Crippen LogP contribution in [0.4, 0.5) is 0 Å². The number of nitrogens with zero attached hydrogens (tertiary/aromatic N) is 3. The standard InChI is InChI=1S/C17H18ClN3O4S/c18-13-3-5-14(6-4-13)26(24,25)21-10-8-20(9-11-21)12-16-15(17(22)23)2-1-7-19-16/h1-7H,8-12H2,(H,22,23). The van der Waals surface area contributed by atoms with E-state index in [4.69, 9.17) is 11.6 Å². The number of carboxylic acids is 1. The second kappa shape index (κ2) is 7.71. The minimum absolute atomic E-state index is 0.170. The lowest BCUT2D eigenvalue weighted by atomic mass is 10.2. The number of hydrogen-bond acceptors (Lipinski definition) is 5. The van der Waals surface area contributed by atoms with Crippen molar-refractivity contribution in [1.29, 1.82) is 0 Å². The van der Waals surface area contributed by atoms with Gasteiger partial charge in [-0.25, -0.2) is 13.2 Å². The van der Waals surface area contributed by atoms with Gasteiger partial charge in [0.1, 0.15) is 0 Å². The minimum Gasteiger partial charge on any atom is -0.478 e. The molecule has 0 radical (unpaired) electrons. The third-order valence-corrected chi connectivity index (χ3v) is 6.44. The van der Waals surface area contributed by atoms with E-state index in [1.165, 1.54) is 22.5 Å². The summed E-state index contributed by atoms with van der Waals surface area (Å²) in [7, 11) is -3.56. The van der Waals surface area contributed by atoms with Crippen molar-refractivity contribution in [3.63, 3.8) is 0 Å². The molecule has 2 aromatic rings. The molecule has 26 heavy (non-hydrogen) atoms. The molecular formula is C17H18ClN3O4S. The van der Waals surface area contributed by atoms with Gasteiger partial charge in [0, 0.05) is 43.9 Å². The topological polar surface area (TPSA) is 90.8 Å². The summed E-state index contributed by atoms with van der Waals surface area (Å²) in [6, 6.07) is 9.21. The molecule has 0 bridgehead atoms. The summed E-state index contributed by atoms with van der Waals surface area (Å²) >= 11 is 5.82. The van der Waals surface area contributed by atoms with Crippen molar-refractivity contribution in [1.82, 2.24) is 14.2 Å². The lowest BCUT2D eigenvalue weighted by Gasteiger charge is -2.33. The number of pyridine rings is 1. The van der Waals surface area contributed by atoms with Gasteiger partial charge in [0.15, 0.2) is 0 Å². The van der Waals surface area contributed by atoms with Gasteiger partial charge in [-0.15, -0.1) is 0 Å². The van der Waals surface area contributed by atoms with Crippen LogP contribution in [0.3, 0.4) is 0 Å². The van der Waals surface area contributed by atoms with Gasteiger partial charge in [-0.1, -0.05) is 11.6 Å². The van der Waals surface area contributed by atoms with E-state index in [2.05, 4.69) is 4.98 Å². The van der Waals surface area contributed by atoms with Gasteiger partial charge >= 0.3 is 5.97 Å². The molecule has 1 aliphatic heterocycles. The maximum absolute atomic E-state index is 12.7. The van der Waals surface area contributed by atoms with E-state index in [0.29, 0.717) is 43.4 Å². The maximum atomic E-state index is 12.7. The van der Waals surface area contributed by atoms with Crippen LogP contribution in [0, 0.1) is 0 Å². The molecule has 1 aliphatic rings. The number of carbonyl (C=O) groups is 1. The molecule has 1 N–H and O–H groups in total. The summed E-state index contributed by atoms with van der Waals surface area (Å²) in [6.45, 7) is 2.04. The van der Waals surface area contributed by atoms with Crippen LogP contribution in [0.1, 0.15) is 16.1 Å². The summed E-state index contributed by atoms with van der Waals surface area (Å²) < 4.78 is 26.8. The molecule has 0 amide bonds. The van der Waals surface area contributed by atoms with Crippen molar-refractivity contribution < 1.29 is 18.3 Å². The van der Waals surface area contributed by atoms with Gasteiger partial charge in [-0.3, -0.25) is 9.88 Å². The normalized spacial score (nSPS) is 16.5. The molecule has 138 valence electrons. The molecule has 0 atom stereocenters. The number of benzene rings is 1. The SMILES string of the molecule is O=C(O)c1cccnc1CN1CCN(S(=O)(=O)c2ccc(Cl)cc2)CC1. The molecule has 2 heterocycles. The Labute approximate surface area is 156 Å². The highest BCUT2D eigenvalue weighted by atomic mass is 35.5. The predicted octanol–water partition coefficient (Wildman–Crippen LogP) is 1.94. The van der Waals surface area contributed by atoms with E-state index in [0.717, 1.165) is 0 Å². The highest BCUT2D eigenvalue weighted by Crippen LogP contribution is 2.20. The fraction of sp³-hybridized carbons (Fsp3) is 0.294. The van der Waals surface area contributed by atoms with E-state index in [9.17, 15) is 18.3 Å². The average molecular weight is 396 g/mol. The molecular weight excluding hydrogens is 378 g/mol. The van der Waals surface area contributed by atoms with E-state index in [1.807, 2.05) is 4.90 Å². The fourth-order valence-electron chi connectivity index (χ4n) is 2.85. The second-order valence-electron chi connectivity index (χ2n) is 5.94. The second-order valence-corrected chi connectivity index (χ2v) is 8.31. The summed E-state index contributed by atoms with van der Waals surface area (Å²) in [5.41, 5.74) is 0.651. The summed E-state index contributed by atoms with van der Waals surface area (Å²) in [6.07, 6.45) is 1.56. The Bertz CT molecular complexity index is 894. The third-order valence-electron chi connectivity index (χ3n) is 4.28. The van der Waals surface area contributed by atoms with Gasteiger partial charge in [-0.05, 0) is 36.4 Å². The summed E-state index contributed by atoms with van der Waals surface area (Å²) in [4.78, 5) is 17.6. The van der Waals surface area contributed by atoms with Crippen molar-refractivity contribution >= 4 is 27.6 Å². The number of carboxylic acid groups (broad SMARTS) is 1. The number of sulfonamides is 1. The van der Waals surface area contributed by atoms with Crippen molar-refractivity contribution in [2.75, 3.05) is 26.2 Å². The van der Waals surface area contributed by atoms with Crippen LogP contribution in [-0.4, -0.2) is 59.9 Å². The first-order valence-electron chi connectivity index (χ1n) is 8.03. The Balaban J connectivity index is 1.66. The van der Waals surface area contributed by atoms with Crippen LogP contribution in [0.2, 0.25) is 5.02 Å². The molecule has 1 fully saturated rings. The van der Waals surface area contributed by atoms with Crippen LogP contribution in [-0.2, 0) is 16.6 Å². The lowest BCUT2D eigenvalue weighted by Crippen LogP contribution is -2.48. The summed E-state index contributed by atoms with van der Waals surface area (Å²) in [5.74, 6) is -1.02. The highest BCUT2D eigenvalue weighted by Gasteiger charge is 2.29. The summed E-state index contributed by atoms with van der Waals surface area (Å²) in [5, 5.41) is 9.72. The van der Waals surface area contributed by atoms with Crippen molar-refractivity contribution in [3.8, 4) is 0 Å².